The molecule has 0 aromatic heterocycles. The quantitative estimate of drug-likeness (QED) is 0.600. The summed E-state index contributed by atoms with van der Waals surface area (Å²) in [4.78, 5) is 0. The van der Waals surface area contributed by atoms with Gasteiger partial charge in [0.1, 0.15) is 0 Å². The Balaban J connectivity index is 3.00. The number of aliphatic hydroxyl groups excluding tert-OH is 1. The van der Waals surface area contributed by atoms with Crippen LogP contribution in [0.25, 0.3) is 0 Å². The first-order valence-electron chi connectivity index (χ1n) is 4.92. The van der Waals surface area contributed by atoms with Gasteiger partial charge in [-0.2, -0.15) is 0 Å². The number of aliphatic hydroxyl groups is 1. The minimum atomic E-state index is -0.325. The number of ether oxygens (including phenoxy) is 1. The van der Waals surface area contributed by atoms with Gasteiger partial charge in [0.05, 0.1) is 12.7 Å². The fourth-order valence-electron chi connectivity index (χ4n) is 0.992. The Hall–Kier alpha value is -0.0800. The smallest absolute Gasteiger partial charge is 0.0745 e. The first-order chi connectivity index (χ1) is 5.66. The van der Waals surface area contributed by atoms with Gasteiger partial charge in [-0.05, 0) is 25.7 Å². The molecule has 74 valence electrons. The maximum atomic E-state index is 8.88. The van der Waals surface area contributed by atoms with E-state index in [1.54, 1.807) is 6.92 Å². The molecule has 0 heterocycles. The van der Waals surface area contributed by atoms with Crippen molar-refractivity contribution in [2.75, 3.05) is 13.2 Å². The predicted molar refractivity (Wildman–Crippen MR) is 51.2 cm³/mol. The molecule has 2 atom stereocenters. The molecule has 0 aliphatic rings. The van der Waals surface area contributed by atoms with Gasteiger partial charge in [-0.25, -0.2) is 0 Å². The molecule has 0 aliphatic heterocycles. The Morgan fingerprint density at radius 1 is 1.33 bits per heavy atom. The van der Waals surface area contributed by atoms with Crippen molar-refractivity contribution in [1.29, 1.82) is 0 Å². The molecule has 0 aliphatic carbocycles. The van der Waals surface area contributed by atoms with E-state index in [1.165, 1.54) is 12.8 Å². The van der Waals surface area contributed by atoms with E-state index in [1.807, 2.05) is 0 Å². The van der Waals surface area contributed by atoms with E-state index < -0.39 is 0 Å². The van der Waals surface area contributed by atoms with Crippen LogP contribution in [0, 0.1) is 5.92 Å². The van der Waals surface area contributed by atoms with Crippen LogP contribution in [-0.2, 0) is 4.74 Å². The number of rotatable bonds is 7. The third-order valence-electron chi connectivity index (χ3n) is 2.04. The van der Waals surface area contributed by atoms with Crippen molar-refractivity contribution in [3.8, 4) is 0 Å². The fourth-order valence-corrected chi connectivity index (χ4v) is 0.992. The minimum Gasteiger partial charge on any atom is -0.391 e. The molecule has 2 nitrogen and oxygen atoms in total. The summed E-state index contributed by atoms with van der Waals surface area (Å²) >= 11 is 0. The van der Waals surface area contributed by atoms with Gasteiger partial charge in [-0.1, -0.05) is 20.3 Å². The molecule has 0 fully saturated rings. The van der Waals surface area contributed by atoms with Crippen molar-refractivity contribution in [2.24, 2.45) is 5.92 Å². The SMILES string of the molecule is CCC(C)CCCOCC(C)O. The van der Waals surface area contributed by atoms with Crippen LogP contribution < -0.4 is 0 Å². The van der Waals surface area contributed by atoms with Gasteiger partial charge in [0.25, 0.3) is 0 Å². The van der Waals surface area contributed by atoms with E-state index in [0.717, 1.165) is 18.9 Å². The average Bonchev–Trinajstić information content (AvgIpc) is 2.03. The summed E-state index contributed by atoms with van der Waals surface area (Å²) in [5.74, 6) is 0.806. The van der Waals surface area contributed by atoms with E-state index >= 15 is 0 Å². The zero-order valence-electron chi connectivity index (χ0n) is 8.55. The van der Waals surface area contributed by atoms with Crippen molar-refractivity contribution in [3.63, 3.8) is 0 Å². The summed E-state index contributed by atoms with van der Waals surface area (Å²) in [6.07, 6.45) is 3.27. The highest BCUT2D eigenvalue weighted by Gasteiger charge is 1.99. The molecule has 0 radical (unpaired) electrons. The van der Waals surface area contributed by atoms with Crippen molar-refractivity contribution in [3.05, 3.63) is 0 Å². The van der Waals surface area contributed by atoms with Crippen molar-refractivity contribution >= 4 is 0 Å². The summed E-state index contributed by atoms with van der Waals surface area (Å²) < 4.78 is 5.24. The maximum absolute atomic E-state index is 8.88. The highest BCUT2D eigenvalue weighted by atomic mass is 16.5. The summed E-state index contributed by atoms with van der Waals surface area (Å²) in [5.41, 5.74) is 0. The summed E-state index contributed by atoms with van der Waals surface area (Å²) in [6.45, 7) is 7.47. The largest absolute Gasteiger partial charge is 0.391 e. The molecule has 2 unspecified atom stereocenters. The second kappa shape index (κ2) is 7.56. The third kappa shape index (κ3) is 8.02. The monoisotopic (exact) mass is 174 g/mol. The third-order valence-corrected chi connectivity index (χ3v) is 2.04. The number of hydrogen-bond acceptors (Lipinski definition) is 2. The van der Waals surface area contributed by atoms with E-state index in [0.29, 0.717) is 6.61 Å². The van der Waals surface area contributed by atoms with Crippen LogP contribution in [0.15, 0.2) is 0 Å². The highest BCUT2D eigenvalue weighted by Crippen LogP contribution is 2.08. The van der Waals surface area contributed by atoms with Gasteiger partial charge in [-0.3, -0.25) is 0 Å². The lowest BCUT2D eigenvalue weighted by Crippen LogP contribution is -2.11. The molecule has 0 saturated carbocycles. The lowest BCUT2D eigenvalue weighted by molar-refractivity contribution is 0.0435. The molecule has 12 heavy (non-hydrogen) atoms. The van der Waals surface area contributed by atoms with Crippen LogP contribution >= 0.6 is 0 Å². The van der Waals surface area contributed by atoms with Crippen LogP contribution in [0.4, 0.5) is 0 Å². The van der Waals surface area contributed by atoms with Gasteiger partial charge in [-0.15, -0.1) is 0 Å². The summed E-state index contributed by atoms with van der Waals surface area (Å²) in [6, 6.07) is 0. The zero-order valence-corrected chi connectivity index (χ0v) is 8.55. The van der Waals surface area contributed by atoms with Crippen molar-refractivity contribution < 1.29 is 9.84 Å². The van der Waals surface area contributed by atoms with Crippen LogP contribution in [0.1, 0.15) is 40.0 Å². The molecular weight excluding hydrogens is 152 g/mol. The van der Waals surface area contributed by atoms with Gasteiger partial charge in [0, 0.05) is 6.61 Å². The summed E-state index contributed by atoms with van der Waals surface area (Å²) in [7, 11) is 0. The molecule has 0 spiro atoms. The second-order valence-corrected chi connectivity index (χ2v) is 3.58. The molecule has 1 N–H and O–H groups in total. The van der Waals surface area contributed by atoms with E-state index in [9.17, 15) is 0 Å². The maximum Gasteiger partial charge on any atom is 0.0745 e. The molecule has 0 saturated heterocycles. The van der Waals surface area contributed by atoms with Gasteiger partial charge >= 0.3 is 0 Å². The lowest BCUT2D eigenvalue weighted by Gasteiger charge is -2.09. The van der Waals surface area contributed by atoms with Gasteiger partial charge in [0.15, 0.2) is 0 Å². The zero-order chi connectivity index (χ0) is 9.40. The van der Waals surface area contributed by atoms with Gasteiger partial charge in [0.2, 0.25) is 0 Å². The minimum absolute atomic E-state index is 0.325. The van der Waals surface area contributed by atoms with E-state index in [4.69, 9.17) is 9.84 Å². The van der Waals surface area contributed by atoms with Crippen molar-refractivity contribution in [1.82, 2.24) is 0 Å². The molecule has 0 aromatic rings. The van der Waals surface area contributed by atoms with Crippen LogP contribution in [0.5, 0.6) is 0 Å². The number of hydrogen-bond donors (Lipinski definition) is 1. The first kappa shape index (κ1) is 11.9. The predicted octanol–water partition coefficient (Wildman–Crippen LogP) is 2.21. The Morgan fingerprint density at radius 3 is 2.50 bits per heavy atom. The first-order valence-corrected chi connectivity index (χ1v) is 4.92. The molecule has 0 aromatic carbocycles. The summed E-state index contributed by atoms with van der Waals surface area (Å²) in [5, 5.41) is 8.88. The second-order valence-electron chi connectivity index (χ2n) is 3.58. The lowest BCUT2D eigenvalue weighted by atomic mass is 10.0. The van der Waals surface area contributed by atoms with Crippen LogP contribution in [0.3, 0.4) is 0 Å². The molecule has 0 rings (SSSR count). The molecule has 0 bridgehead atoms. The van der Waals surface area contributed by atoms with Gasteiger partial charge < -0.3 is 9.84 Å². The fraction of sp³-hybridized carbons (Fsp3) is 1.00. The molecular formula is C10H22O2. The Bertz CT molecular complexity index is 91.8. The van der Waals surface area contributed by atoms with Crippen LogP contribution in [-0.4, -0.2) is 24.4 Å². The normalized spacial score (nSPS) is 16.0. The topological polar surface area (TPSA) is 29.5 Å². The van der Waals surface area contributed by atoms with Crippen molar-refractivity contribution in [2.45, 2.75) is 46.1 Å². The van der Waals surface area contributed by atoms with E-state index in [2.05, 4.69) is 13.8 Å². The Labute approximate surface area is 75.9 Å². The Morgan fingerprint density at radius 2 is 2.00 bits per heavy atom. The Kier molecular flexibility index (Phi) is 7.51. The molecule has 2 heteroatoms. The highest BCUT2D eigenvalue weighted by molar-refractivity contribution is 4.50. The van der Waals surface area contributed by atoms with Crippen LogP contribution in [0.2, 0.25) is 0 Å². The molecule has 0 amide bonds. The van der Waals surface area contributed by atoms with E-state index in [-0.39, 0.29) is 6.10 Å². The average molecular weight is 174 g/mol. The standard InChI is InChI=1S/C10H22O2/c1-4-9(2)6-5-7-12-8-10(3)11/h9-11H,4-8H2,1-3H3.